The molecule has 108 valence electrons. The lowest BCUT2D eigenvalue weighted by molar-refractivity contribution is -0.136. The van der Waals surface area contributed by atoms with Crippen LogP contribution in [0, 0.1) is 5.92 Å². The highest BCUT2D eigenvalue weighted by molar-refractivity contribution is 5.88. The second-order valence-electron chi connectivity index (χ2n) is 5.59. The summed E-state index contributed by atoms with van der Waals surface area (Å²) < 4.78 is 0. The first-order valence-corrected chi connectivity index (χ1v) is 7.09. The first-order chi connectivity index (χ1) is 9.58. The van der Waals surface area contributed by atoms with Crippen molar-refractivity contribution in [1.82, 2.24) is 10.2 Å². The third-order valence-electron chi connectivity index (χ3n) is 3.83. The Morgan fingerprint density at radius 3 is 2.65 bits per heavy atom. The molecular weight excluding hydrogens is 252 g/mol. The van der Waals surface area contributed by atoms with Crippen molar-refractivity contribution in [3.63, 3.8) is 0 Å². The van der Waals surface area contributed by atoms with Crippen LogP contribution in [0.4, 0.5) is 0 Å². The largest absolute Gasteiger partial charge is 0.349 e. The standard InChI is InChI=1S/C16H22N2O2/c1-18(2)16(20)13-8-9-15(19)14(10-13)17-11-12-6-4-3-5-7-12/h3-7,13-14,17H,8-11H2,1-2H3/t13-,14+/m0/s1. The first-order valence-electron chi connectivity index (χ1n) is 7.09. The molecule has 20 heavy (non-hydrogen) atoms. The van der Waals surface area contributed by atoms with Crippen LogP contribution in [0.25, 0.3) is 0 Å². The van der Waals surface area contributed by atoms with Crippen molar-refractivity contribution >= 4 is 11.7 Å². The van der Waals surface area contributed by atoms with Gasteiger partial charge in [0.25, 0.3) is 0 Å². The Hall–Kier alpha value is -1.68. The van der Waals surface area contributed by atoms with Crippen molar-refractivity contribution in [1.29, 1.82) is 0 Å². The number of carbonyl (C=O) groups is 2. The van der Waals surface area contributed by atoms with Gasteiger partial charge in [0, 0.05) is 33.0 Å². The van der Waals surface area contributed by atoms with Crippen molar-refractivity contribution in [2.75, 3.05) is 14.1 Å². The average molecular weight is 274 g/mol. The van der Waals surface area contributed by atoms with E-state index in [0.717, 1.165) is 5.56 Å². The van der Waals surface area contributed by atoms with Gasteiger partial charge in [-0.1, -0.05) is 30.3 Å². The molecule has 1 aliphatic carbocycles. The number of nitrogens with zero attached hydrogens (tertiary/aromatic N) is 1. The van der Waals surface area contributed by atoms with Gasteiger partial charge >= 0.3 is 0 Å². The molecule has 4 nitrogen and oxygen atoms in total. The van der Waals surface area contributed by atoms with Crippen LogP contribution in [-0.2, 0) is 16.1 Å². The SMILES string of the molecule is CN(C)C(=O)[C@H]1CCC(=O)[C@H](NCc2ccccc2)C1. The normalized spacial score (nSPS) is 22.6. The Morgan fingerprint density at radius 1 is 1.30 bits per heavy atom. The van der Waals surface area contributed by atoms with E-state index in [1.54, 1.807) is 19.0 Å². The van der Waals surface area contributed by atoms with Crippen molar-refractivity contribution in [2.24, 2.45) is 5.92 Å². The van der Waals surface area contributed by atoms with E-state index in [4.69, 9.17) is 0 Å². The molecule has 2 rings (SSSR count). The lowest BCUT2D eigenvalue weighted by Crippen LogP contribution is -2.44. The smallest absolute Gasteiger partial charge is 0.225 e. The van der Waals surface area contributed by atoms with Gasteiger partial charge < -0.3 is 10.2 Å². The van der Waals surface area contributed by atoms with Crippen molar-refractivity contribution in [2.45, 2.75) is 31.8 Å². The zero-order valence-corrected chi connectivity index (χ0v) is 12.1. The van der Waals surface area contributed by atoms with Crippen molar-refractivity contribution < 1.29 is 9.59 Å². The lowest BCUT2D eigenvalue weighted by atomic mass is 9.84. The fourth-order valence-corrected chi connectivity index (χ4v) is 2.65. The van der Waals surface area contributed by atoms with Crippen LogP contribution < -0.4 is 5.32 Å². The molecule has 1 aromatic rings. The minimum absolute atomic E-state index is 0.0315. The minimum Gasteiger partial charge on any atom is -0.349 e. The van der Waals surface area contributed by atoms with E-state index in [-0.39, 0.29) is 23.7 Å². The molecule has 0 radical (unpaired) electrons. The minimum atomic E-state index is -0.196. The summed E-state index contributed by atoms with van der Waals surface area (Å²) in [5, 5.41) is 3.29. The van der Waals surface area contributed by atoms with Crippen LogP contribution in [0.15, 0.2) is 30.3 Å². The molecule has 4 heteroatoms. The average Bonchev–Trinajstić information content (AvgIpc) is 2.46. The van der Waals surface area contributed by atoms with Crippen LogP contribution in [-0.4, -0.2) is 36.7 Å². The molecule has 0 saturated heterocycles. The summed E-state index contributed by atoms with van der Waals surface area (Å²) in [5.41, 5.74) is 1.15. The number of amides is 1. The maximum atomic E-state index is 12.0. The van der Waals surface area contributed by atoms with Crippen LogP contribution in [0.1, 0.15) is 24.8 Å². The van der Waals surface area contributed by atoms with Crippen LogP contribution in [0.2, 0.25) is 0 Å². The van der Waals surface area contributed by atoms with Gasteiger partial charge in [-0.15, -0.1) is 0 Å². The van der Waals surface area contributed by atoms with E-state index in [2.05, 4.69) is 5.32 Å². The van der Waals surface area contributed by atoms with Gasteiger partial charge in [-0.25, -0.2) is 0 Å². The number of Topliss-reactive ketones (excluding diaryl/α,β-unsaturated/α-hetero) is 1. The van der Waals surface area contributed by atoms with Gasteiger partial charge in [-0.3, -0.25) is 9.59 Å². The van der Waals surface area contributed by atoms with E-state index >= 15 is 0 Å². The predicted octanol–water partition coefficient (Wildman–Crippen LogP) is 1.60. The maximum absolute atomic E-state index is 12.0. The highest BCUT2D eigenvalue weighted by atomic mass is 16.2. The molecule has 1 saturated carbocycles. The second kappa shape index (κ2) is 6.66. The molecule has 1 aliphatic rings. The van der Waals surface area contributed by atoms with E-state index in [0.29, 0.717) is 25.8 Å². The zero-order chi connectivity index (χ0) is 14.5. The summed E-state index contributed by atoms with van der Waals surface area (Å²) in [6, 6.07) is 9.81. The molecule has 1 amide bonds. The molecule has 0 spiro atoms. The molecule has 0 unspecified atom stereocenters. The van der Waals surface area contributed by atoms with E-state index in [1.165, 1.54) is 0 Å². The Bertz CT molecular complexity index is 471. The fraction of sp³-hybridized carbons (Fsp3) is 0.500. The quantitative estimate of drug-likeness (QED) is 0.907. The second-order valence-corrected chi connectivity index (χ2v) is 5.59. The summed E-state index contributed by atoms with van der Waals surface area (Å²) in [6.45, 7) is 0.667. The summed E-state index contributed by atoms with van der Waals surface area (Å²) in [5.74, 6) is 0.323. The third kappa shape index (κ3) is 3.67. The Labute approximate surface area is 120 Å². The van der Waals surface area contributed by atoms with Crippen molar-refractivity contribution in [3.8, 4) is 0 Å². The summed E-state index contributed by atoms with van der Waals surface area (Å²) in [6.07, 6.45) is 1.79. The molecule has 2 atom stereocenters. The van der Waals surface area contributed by atoms with Gasteiger partial charge in [0.15, 0.2) is 0 Å². The molecule has 0 bridgehead atoms. The van der Waals surface area contributed by atoms with Gasteiger partial charge in [0.2, 0.25) is 5.91 Å². The van der Waals surface area contributed by atoms with Crippen LogP contribution >= 0.6 is 0 Å². The molecule has 1 N–H and O–H groups in total. The van der Waals surface area contributed by atoms with Crippen LogP contribution in [0.3, 0.4) is 0 Å². The first kappa shape index (κ1) is 14.7. The topological polar surface area (TPSA) is 49.4 Å². The Kier molecular flexibility index (Phi) is 4.90. The summed E-state index contributed by atoms with van der Waals surface area (Å²) in [4.78, 5) is 25.6. The third-order valence-corrected chi connectivity index (χ3v) is 3.83. The number of carbonyl (C=O) groups excluding carboxylic acids is 2. The molecular formula is C16H22N2O2. The number of rotatable bonds is 4. The maximum Gasteiger partial charge on any atom is 0.225 e. The van der Waals surface area contributed by atoms with E-state index in [1.807, 2.05) is 30.3 Å². The van der Waals surface area contributed by atoms with Gasteiger partial charge in [-0.05, 0) is 18.4 Å². The molecule has 0 aromatic heterocycles. The van der Waals surface area contributed by atoms with E-state index in [9.17, 15) is 9.59 Å². The lowest BCUT2D eigenvalue weighted by Gasteiger charge is -2.29. The number of hydrogen-bond acceptors (Lipinski definition) is 3. The highest BCUT2D eigenvalue weighted by Gasteiger charge is 2.32. The Balaban J connectivity index is 1.92. The molecule has 0 aliphatic heterocycles. The highest BCUT2D eigenvalue weighted by Crippen LogP contribution is 2.23. The fourth-order valence-electron chi connectivity index (χ4n) is 2.65. The molecule has 1 fully saturated rings. The summed E-state index contributed by atoms with van der Waals surface area (Å²) >= 11 is 0. The monoisotopic (exact) mass is 274 g/mol. The van der Waals surface area contributed by atoms with E-state index < -0.39 is 0 Å². The number of nitrogens with one attached hydrogen (secondary N) is 1. The van der Waals surface area contributed by atoms with Gasteiger partial charge in [0.1, 0.15) is 5.78 Å². The Morgan fingerprint density at radius 2 is 2.00 bits per heavy atom. The van der Waals surface area contributed by atoms with Gasteiger partial charge in [0.05, 0.1) is 6.04 Å². The predicted molar refractivity (Wildman–Crippen MR) is 78.1 cm³/mol. The molecule has 0 heterocycles. The molecule has 1 aromatic carbocycles. The van der Waals surface area contributed by atoms with Crippen LogP contribution in [0.5, 0.6) is 0 Å². The van der Waals surface area contributed by atoms with Crippen molar-refractivity contribution in [3.05, 3.63) is 35.9 Å². The zero-order valence-electron chi connectivity index (χ0n) is 12.1. The number of hydrogen-bond donors (Lipinski definition) is 1. The van der Waals surface area contributed by atoms with Gasteiger partial charge in [-0.2, -0.15) is 0 Å². The number of benzene rings is 1. The summed E-state index contributed by atoms with van der Waals surface area (Å²) in [7, 11) is 3.54. The number of ketones is 1.